The first-order chi connectivity index (χ1) is 18.5. The van der Waals surface area contributed by atoms with Crippen LogP contribution in [0.2, 0.25) is 0 Å². The average Bonchev–Trinajstić information content (AvgIpc) is 3.65. The summed E-state index contributed by atoms with van der Waals surface area (Å²) in [6.07, 6.45) is 3.23. The third-order valence-electron chi connectivity index (χ3n) is 7.79. The van der Waals surface area contributed by atoms with Gasteiger partial charge in [-0.1, -0.05) is 30.3 Å². The number of thiazole rings is 1. The molecule has 2 aliphatic rings. The number of amides is 2. The minimum absolute atomic E-state index is 0.0309. The number of aromatic nitrogens is 1. The fraction of sp³-hybridized carbons (Fsp3) is 0.448. The lowest BCUT2D eigenvalue weighted by Gasteiger charge is -2.35. The number of hydrogen-bond donors (Lipinski definition) is 2. The number of carbonyl (C=O) groups excluding carboxylic acids is 2. The summed E-state index contributed by atoms with van der Waals surface area (Å²) in [5, 5.41) is 20.4. The minimum Gasteiger partial charge on any atom is -0.381 e. The van der Waals surface area contributed by atoms with Crippen molar-refractivity contribution in [3.63, 3.8) is 0 Å². The fourth-order valence-corrected chi connectivity index (χ4v) is 6.46. The maximum absolute atomic E-state index is 14.0. The Bertz CT molecular complexity index is 1360. The molecule has 3 aromatic rings. The predicted molar refractivity (Wildman–Crippen MR) is 147 cm³/mol. The molecular formula is C29H33N5O3S. The lowest BCUT2D eigenvalue weighted by molar-refractivity contribution is -0.140. The molecule has 0 bridgehead atoms. The van der Waals surface area contributed by atoms with Crippen molar-refractivity contribution < 1.29 is 14.3 Å². The Labute approximate surface area is 227 Å². The van der Waals surface area contributed by atoms with E-state index in [0.29, 0.717) is 25.3 Å². The van der Waals surface area contributed by atoms with Crippen molar-refractivity contribution in [3.8, 4) is 17.3 Å². The third-order valence-corrected chi connectivity index (χ3v) is 8.74. The van der Waals surface area contributed by atoms with Gasteiger partial charge in [0.25, 0.3) is 0 Å². The number of likely N-dealkylation sites (N-methyl/N-ethyl adjacent to an activating group) is 1. The van der Waals surface area contributed by atoms with Gasteiger partial charge in [-0.15, -0.1) is 11.3 Å². The van der Waals surface area contributed by atoms with Gasteiger partial charge in [0.15, 0.2) is 0 Å². The monoisotopic (exact) mass is 531 g/mol. The van der Waals surface area contributed by atoms with Crippen LogP contribution >= 0.6 is 11.3 Å². The molecule has 0 spiro atoms. The van der Waals surface area contributed by atoms with Gasteiger partial charge >= 0.3 is 0 Å². The largest absolute Gasteiger partial charge is 0.381 e. The Morgan fingerprint density at radius 2 is 1.92 bits per heavy atom. The van der Waals surface area contributed by atoms with E-state index in [2.05, 4.69) is 16.7 Å². The molecule has 1 aromatic heterocycles. The molecule has 0 radical (unpaired) electrons. The summed E-state index contributed by atoms with van der Waals surface area (Å²) in [4.78, 5) is 33.7. The average molecular weight is 532 g/mol. The molecule has 38 heavy (non-hydrogen) atoms. The number of likely N-dealkylation sites (tertiary alicyclic amines) is 1. The second kappa shape index (κ2) is 11.6. The van der Waals surface area contributed by atoms with Gasteiger partial charge in [-0.25, -0.2) is 4.98 Å². The maximum Gasteiger partial charge on any atom is 0.246 e. The van der Waals surface area contributed by atoms with Crippen LogP contribution in [0.25, 0.3) is 22.0 Å². The summed E-state index contributed by atoms with van der Waals surface area (Å²) in [5.74, 6) is -0.156. The van der Waals surface area contributed by atoms with Crippen molar-refractivity contribution in [1.82, 2.24) is 20.5 Å². The molecule has 2 aromatic carbocycles. The maximum atomic E-state index is 14.0. The summed E-state index contributed by atoms with van der Waals surface area (Å²) in [5.41, 5.74) is 2.47. The number of hydrogen-bond acceptors (Lipinski definition) is 7. The first-order valence-corrected chi connectivity index (χ1v) is 14.1. The fourth-order valence-electron chi connectivity index (χ4n) is 5.49. The number of nitrogens with zero attached hydrogens (tertiary/aromatic N) is 3. The van der Waals surface area contributed by atoms with Gasteiger partial charge in [0.05, 0.1) is 29.4 Å². The highest BCUT2D eigenvalue weighted by atomic mass is 32.1. The molecule has 2 saturated heterocycles. The summed E-state index contributed by atoms with van der Waals surface area (Å²) in [6, 6.07) is 12.9. The van der Waals surface area contributed by atoms with E-state index in [-0.39, 0.29) is 29.8 Å². The van der Waals surface area contributed by atoms with Gasteiger partial charge in [-0.2, -0.15) is 5.26 Å². The highest BCUT2D eigenvalue weighted by Gasteiger charge is 2.40. The van der Waals surface area contributed by atoms with Gasteiger partial charge in [0, 0.05) is 36.1 Å². The summed E-state index contributed by atoms with van der Waals surface area (Å²) in [6.45, 7) is 3.65. The van der Waals surface area contributed by atoms with E-state index in [1.54, 1.807) is 25.3 Å². The minimum atomic E-state index is -0.579. The summed E-state index contributed by atoms with van der Waals surface area (Å²) >= 11 is 1.56. The zero-order valence-corrected chi connectivity index (χ0v) is 22.6. The van der Waals surface area contributed by atoms with E-state index in [4.69, 9.17) is 9.72 Å². The number of fused-ring (bicyclic) bond motifs is 1. The van der Waals surface area contributed by atoms with Crippen LogP contribution in [0.4, 0.5) is 0 Å². The normalized spacial score (nSPS) is 19.7. The van der Waals surface area contributed by atoms with Crippen LogP contribution < -0.4 is 10.6 Å². The Hall–Kier alpha value is -3.32. The van der Waals surface area contributed by atoms with Crippen LogP contribution in [-0.4, -0.2) is 60.6 Å². The van der Waals surface area contributed by atoms with E-state index in [1.807, 2.05) is 46.7 Å². The molecule has 2 amide bonds. The van der Waals surface area contributed by atoms with Gasteiger partial charge in [0.1, 0.15) is 11.0 Å². The molecule has 2 N–H and O–H groups in total. The Kier molecular flexibility index (Phi) is 8.03. The molecule has 2 aliphatic heterocycles. The number of nitriles is 1. The number of nitrogens with one attached hydrogen (secondary N) is 2. The molecule has 9 heteroatoms. The standard InChI is InChI=1S/C29H33N5O3S/c1-18(31-2)27(35)33-26(19-11-14-37-15-12-19)29(36)34-13-5-8-25(34)28-32-24(17-38-28)23-10-9-20(16-30)21-6-3-4-7-22(21)23/h3-4,6-7,9-10,17-19,25-26,31H,5,8,11-15H2,1-2H3,(H,33,35)/t18-,25-,26-/m0/s1. The third kappa shape index (κ3) is 5.17. The van der Waals surface area contributed by atoms with E-state index in [9.17, 15) is 14.9 Å². The van der Waals surface area contributed by atoms with Crippen LogP contribution in [0.1, 0.15) is 49.2 Å². The molecule has 0 unspecified atom stereocenters. The molecular weight excluding hydrogens is 498 g/mol. The zero-order chi connectivity index (χ0) is 26.6. The zero-order valence-electron chi connectivity index (χ0n) is 21.8. The first kappa shape index (κ1) is 26.3. The molecule has 2 fully saturated rings. The Morgan fingerprint density at radius 3 is 2.66 bits per heavy atom. The number of carbonyl (C=O) groups is 2. The first-order valence-electron chi connectivity index (χ1n) is 13.2. The van der Waals surface area contributed by atoms with Crippen molar-refractivity contribution in [2.75, 3.05) is 26.8 Å². The second-order valence-electron chi connectivity index (χ2n) is 10.0. The van der Waals surface area contributed by atoms with Crippen LogP contribution in [-0.2, 0) is 14.3 Å². The van der Waals surface area contributed by atoms with Crippen molar-refractivity contribution in [1.29, 1.82) is 5.26 Å². The molecule has 5 rings (SSSR count). The van der Waals surface area contributed by atoms with Gasteiger partial charge < -0.3 is 20.3 Å². The molecule has 8 nitrogen and oxygen atoms in total. The van der Waals surface area contributed by atoms with Crippen LogP contribution in [0.5, 0.6) is 0 Å². The van der Waals surface area contributed by atoms with Crippen molar-refractivity contribution in [2.24, 2.45) is 5.92 Å². The van der Waals surface area contributed by atoms with Gasteiger partial charge in [-0.3, -0.25) is 9.59 Å². The molecule has 198 valence electrons. The van der Waals surface area contributed by atoms with E-state index < -0.39 is 6.04 Å². The summed E-state index contributed by atoms with van der Waals surface area (Å²) in [7, 11) is 1.74. The lowest BCUT2D eigenvalue weighted by Crippen LogP contribution is -2.56. The highest BCUT2D eigenvalue weighted by molar-refractivity contribution is 7.10. The van der Waals surface area contributed by atoms with Gasteiger partial charge in [-0.05, 0) is 57.0 Å². The van der Waals surface area contributed by atoms with E-state index in [1.165, 1.54) is 0 Å². The SMILES string of the molecule is CN[C@@H](C)C(=O)N[C@H](C(=O)N1CCC[C@H]1c1nc(-c2ccc(C#N)c3ccccc23)cs1)C1CCOCC1. The number of rotatable bonds is 7. The lowest BCUT2D eigenvalue weighted by atomic mass is 9.90. The van der Waals surface area contributed by atoms with E-state index in [0.717, 1.165) is 52.7 Å². The quantitative estimate of drug-likeness (QED) is 0.477. The Balaban J connectivity index is 1.42. The van der Waals surface area contributed by atoms with Crippen LogP contribution in [0, 0.1) is 17.2 Å². The van der Waals surface area contributed by atoms with Crippen LogP contribution in [0.15, 0.2) is 41.8 Å². The van der Waals surface area contributed by atoms with Crippen LogP contribution in [0.3, 0.4) is 0 Å². The van der Waals surface area contributed by atoms with Crippen molar-refractivity contribution in [2.45, 2.75) is 50.7 Å². The smallest absolute Gasteiger partial charge is 0.246 e. The predicted octanol–water partition coefficient (Wildman–Crippen LogP) is 4.02. The van der Waals surface area contributed by atoms with Crippen molar-refractivity contribution in [3.05, 3.63) is 52.3 Å². The molecule has 0 saturated carbocycles. The van der Waals surface area contributed by atoms with E-state index >= 15 is 0 Å². The number of benzene rings is 2. The van der Waals surface area contributed by atoms with Gasteiger partial charge in [0.2, 0.25) is 11.8 Å². The topological polar surface area (TPSA) is 107 Å². The molecule has 3 atom stereocenters. The molecule has 3 heterocycles. The second-order valence-corrected chi connectivity index (χ2v) is 10.9. The number of ether oxygens (including phenoxy) is 1. The van der Waals surface area contributed by atoms with Crippen molar-refractivity contribution >= 4 is 33.9 Å². The summed E-state index contributed by atoms with van der Waals surface area (Å²) < 4.78 is 5.53. The Morgan fingerprint density at radius 1 is 1.16 bits per heavy atom. The highest BCUT2D eigenvalue weighted by Crippen LogP contribution is 2.38. The molecule has 0 aliphatic carbocycles.